The molecular formula is C20H26N6O2. The van der Waals surface area contributed by atoms with E-state index in [0.717, 1.165) is 24.2 Å². The molecule has 2 aliphatic rings. The van der Waals surface area contributed by atoms with Crippen LogP contribution < -0.4 is 5.32 Å². The second kappa shape index (κ2) is 7.69. The predicted molar refractivity (Wildman–Crippen MR) is 103 cm³/mol. The first-order valence-electron chi connectivity index (χ1n) is 10.0. The van der Waals surface area contributed by atoms with Crippen molar-refractivity contribution in [1.29, 1.82) is 0 Å². The molecule has 2 amide bonds. The van der Waals surface area contributed by atoms with E-state index in [0.29, 0.717) is 31.8 Å². The summed E-state index contributed by atoms with van der Waals surface area (Å²) in [6.07, 6.45) is 6.00. The fourth-order valence-corrected chi connectivity index (χ4v) is 4.06. The largest absolute Gasteiger partial charge is 0.353 e. The average Bonchev–Trinajstić information content (AvgIpc) is 3.33. The fourth-order valence-electron chi connectivity index (χ4n) is 4.06. The zero-order chi connectivity index (χ0) is 19.7. The van der Waals surface area contributed by atoms with Gasteiger partial charge in [-0.25, -0.2) is 9.67 Å². The standard InChI is InChI=1S/C20H26N6O2/c1-3-13(2)18-20-23-19(14-5-4-8-21-12-14)24-26(20)10-9-25(18)17(28)11-15-6-7-16(27)22-15/h4-5,8,12-13,15,18H,3,6-7,9-11H2,1-2H3,(H,22,27)/t13-,15+,18-/m0/s1. The van der Waals surface area contributed by atoms with Gasteiger partial charge in [-0.15, -0.1) is 0 Å². The van der Waals surface area contributed by atoms with Crippen LogP contribution in [0.4, 0.5) is 0 Å². The third kappa shape index (κ3) is 3.50. The molecule has 2 aliphatic heterocycles. The molecule has 1 saturated heterocycles. The smallest absolute Gasteiger partial charge is 0.225 e. The van der Waals surface area contributed by atoms with Crippen molar-refractivity contribution in [3.05, 3.63) is 30.4 Å². The molecule has 0 bridgehead atoms. The lowest BCUT2D eigenvalue weighted by atomic mass is 9.94. The summed E-state index contributed by atoms with van der Waals surface area (Å²) in [7, 11) is 0. The number of nitrogens with one attached hydrogen (secondary N) is 1. The molecule has 0 saturated carbocycles. The van der Waals surface area contributed by atoms with E-state index in [1.54, 1.807) is 12.4 Å². The molecule has 4 heterocycles. The van der Waals surface area contributed by atoms with Crippen molar-refractivity contribution in [3.63, 3.8) is 0 Å². The first-order valence-corrected chi connectivity index (χ1v) is 10.0. The van der Waals surface area contributed by atoms with Crippen LogP contribution in [-0.2, 0) is 16.1 Å². The molecule has 1 fully saturated rings. The molecule has 8 heteroatoms. The molecular weight excluding hydrogens is 356 g/mol. The van der Waals surface area contributed by atoms with Gasteiger partial charge < -0.3 is 10.2 Å². The average molecular weight is 382 g/mol. The number of carbonyl (C=O) groups is 2. The summed E-state index contributed by atoms with van der Waals surface area (Å²) in [5, 5.41) is 7.57. The number of carbonyl (C=O) groups excluding carboxylic acids is 2. The van der Waals surface area contributed by atoms with E-state index in [-0.39, 0.29) is 29.8 Å². The summed E-state index contributed by atoms with van der Waals surface area (Å²) in [4.78, 5) is 35.4. The second-order valence-corrected chi connectivity index (χ2v) is 7.68. The lowest BCUT2D eigenvalue weighted by Gasteiger charge is -2.38. The Hall–Kier alpha value is -2.77. The summed E-state index contributed by atoms with van der Waals surface area (Å²) in [5.74, 6) is 1.86. The quantitative estimate of drug-likeness (QED) is 0.853. The van der Waals surface area contributed by atoms with E-state index >= 15 is 0 Å². The highest BCUT2D eigenvalue weighted by atomic mass is 16.2. The molecule has 2 aromatic heterocycles. The van der Waals surface area contributed by atoms with E-state index in [1.807, 2.05) is 21.7 Å². The van der Waals surface area contributed by atoms with Gasteiger partial charge in [0.25, 0.3) is 0 Å². The molecule has 0 aliphatic carbocycles. The van der Waals surface area contributed by atoms with Gasteiger partial charge in [0.15, 0.2) is 11.6 Å². The monoisotopic (exact) mass is 382 g/mol. The topological polar surface area (TPSA) is 93.0 Å². The molecule has 0 unspecified atom stereocenters. The van der Waals surface area contributed by atoms with Gasteiger partial charge in [-0.2, -0.15) is 5.10 Å². The Balaban J connectivity index is 1.60. The Morgan fingerprint density at radius 2 is 2.25 bits per heavy atom. The van der Waals surface area contributed by atoms with Crippen LogP contribution in [0.2, 0.25) is 0 Å². The fraction of sp³-hybridized carbons (Fsp3) is 0.550. The highest BCUT2D eigenvalue weighted by molar-refractivity contribution is 5.82. The summed E-state index contributed by atoms with van der Waals surface area (Å²) < 4.78 is 1.93. The van der Waals surface area contributed by atoms with Crippen LogP contribution in [0.15, 0.2) is 24.5 Å². The van der Waals surface area contributed by atoms with Gasteiger partial charge in [0.2, 0.25) is 11.8 Å². The summed E-state index contributed by atoms with van der Waals surface area (Å²) >= 11 is 0. The Bertz CT molecular complexity index is 865. The Morgan fingerprint density at radius 1 is 1.39 bits per heavy atom. The Labute approximate surface area is 164 Å². The van der Waals surface area contributed by atoms with Crippen molar-refractivity contribution in [2.45, 2.75) is 58.2 Å². The van der Waals surface area contributed by atoms with Crippen molar-refractivity contribution >= 4 is 11.8 Å². The van der Waals surface area contributed by atoms with Gasteiger partial charge in [-0.3, -0.25) is 14.6 Å². The van der Waals surface area contributed by atoms with Crippen molar-refractivity contribution in [2.75, 3.05) is 6.54 Å². The third-order valence-electron chi connectivity index (χ3n) is 5.78. The number of fused-ring (bicyclic) bond motifs is 1. The number of amides is 2. The molecule has 148 valence electrons. The first kappa shape index (κ1) is 18.6. The molecule has 4 rings (SSSR count). The van der Waals surface area contributed by atoms with Crippen LogP contribution in [0, 0.1) is 5.92 Å². The predicted octanol–water partition coefficient (Wildman–Crippen LogP) is 1.94. The maximum atomic E-state index is 13.1. The van der Waals surface area contributed by atoms with E-state index in [4.69, 9.17) is 4.98 Å². The first-order chi connectivity index (χ1) is 13.6. The van der Waals surface area contributed by atoms with Crippen LogP contribution >= 0.6 is 0 Å². The molecule has 8 nitrogen and oxygen atoms in total. The molecule has 1 N–H and O–H groups in total. The van der Waals surface area contributed by atoms with Gasteiger partial charge >= 0.3 is 0 Å². The lowest BCUT2D eigenvalue weighted by molar-refractivity contribution is -0.137. The highest BCUT2D eigenvalue weighted by Crippen LogP contribution is 2.34. The van der Waals surface area contributed by atoms with Gasteiger partial charge in [0.1, 0.15) is 0 Å². The zero-order valence-electron chi connectivity index (χ0n) is 16.3. The Kier molecular flexibility index (Phi) is 5.11. The van der Waals surface area contributed by atoms with Gasteiger partial charge in [0.05, 0.1) is 12.6 Å². The molecule has 0 aromatic carbocycles. The lowest BCUT2D eigenvalue weighted by Crippen LogP contribution is -2.46. The normalized spacial score (nSPS) is 22.6. The molecule has 0 radical (unpaired) electrons. The van der Waals surface area contributed by atoms with Crippen LogP contribution in [0.25, 0.3) is 11.4 Å². The molecule has 28 heavy (non-hydrogen) atoms. The zero-order valence-corrected chi connectivity index (χ0v) is 16.3. The summed E-state index contributed by atoms with van der Waals surface area (Å²) in [6.45, 7) is 5.51. The van der Waals surface area contributed by atoms with Crippen molar-refractivity contribution in [1.82, 2.24) is 30.0 Å². The van der Waals surface area contributed by atoms with Gasteiger partial charge in [-0.1, -0.05) is 20.3 Å². The van der Waals surface area contributed by atoms with E-state index < -0.39 is 0 Å². The minimum Gasteiger partial charge on any atom is -0.353 e. The van der Waals surface area contributed by atoms with Crippen molar-refractivity contribution < 1.29 is 9.59 Å². The van der Waals surface area contributed by atoms with Crippen molar-refractivity contribution in [3.8, 4) is 11.4 Å². The van der Waals surface area contributed by atoms with Crippen LogP contribution in [0.5, 0.6) is 0 Å². The number of nitrogens with zero attached hydrogens (tertiary/aromatic N) is 5. The Morgan fingerprint density at radius 3 is 2.93 bits per heavy atom. The van der Waals surface area contributed by atoms with Crippen LogP contribution in [0.1, 0.15) is 51.4 Å². The SMILES string of the molecule is CC[C@H](C)[C@H]1c2nc(-c3cccnc3)nn2CCN1C(=O)C[C@H]1CCC(=O)N1. The maximum Gasteiger partial charge on any atom is 0.225 e. The summed E-state index contributed by atoms with van der Waals surface area (Å²) in [6, 6.07) is 3.65. The van der Waals surface area contributed by atoms with Crippen molar-refractivity contribution in [2.24, 2.45) is 5.92 Å². The summed E-state index contributed by atoms with van der Waals surface area (Å²) in [5.41, 5.74) is 0.874. The number of aromatic nitrogens is 4. The van der Waals surface area contributed by atoms with Crippen LogP contribution in [-0.4, -0.2) is 49.0 Å². The number of pyridine rings is 1. The highest BCUT2D eigenvalue weighted by Gasteiger charge is 2.38. The van der Waals surface area contributed by atoms with E-state index in [2.05, 4.69) is 29.2 Å². The van der Waals surface area contributed by atoms with Gasteiger partial charge in [0, 0.05) is 43.4 Å². The van der Waals surface area contributed by atoms with E-state index in [9.17, 15) is 9.59 Å². The molecule has 0 spiro atoms. The molecule has 3 atom stereocenters. The minimum atomic E-state index is -0.110. The minimum absolute atomic E-state index is 0.0378. The maximum absolute atomic E-state index is 13.1. The van der Waals surface area contributed by atoms with E-state index in [1.165, 1.54) is 0 Å². The van der Waals surface area contributed by atoms with Crippen LogP contribution in [0.3, 0.4) is 0 Å². The third-order valence-corrected chi connectivity index (χ3v) is 5.78. The second-order valence-electron chi connectivity index (χ2n) is 7.68. The molecule has 2 aromatic rings. The number of hydrogen-bond acceptors (Lipinski definition) is 5. The number of rotatable bonds is 5. The van der Waals surface area contributed by atoms with Gasteiger partial charge in [-0.05, 0) is 24.5 Å². The number of hydrogen-bond donors (Lipinski definition) is 1.